The number of nitrogens with zero attached hydrogens (tertiary/aromatic N) is 3. The van der Waals surface area contributed by atoms with Gasteiger partial charge < -0.3 is 14.4 Å². The summed E-state index contributed by atoms with van der Waals surface area (Å²) in [6.07, 6.45) is 1.70. The minimum atomic E-state index is 0.0352. The lowest BCUT2D eigenvalue weighted by Crippen LogP contribution is -2.38. The molecule has 142 valence electrons. The first-order chi connectivity index (χ1) is 13.7. The highest BCUT2D eigenvalue weighted by Crippen LogP contribution is 2.34. The zero-order chi connectivity index (χ0) is 19.1. The first kappa shape index (κ1) is 17.2. The number of carbonyl (C=O) groups excluding carboxylic acids is 1. The van der Waals surface area contributed by atoms with Crippen molar-refractivity contribution in [2.75, 3.05) is 6.54 Å². The van der Waals surface area contributed by atoms with Gasteiger partial charge in [0.2, 0.25) is 17.6 Å². The number of amides is 1. The van der Waals surface area contributed by atoms with Gasteiger partial charge in [0, 0.05) is 36.0 Å². The number of hydrogen-bond acceptors (Lipinski definition) is 5. The van der Waals surface area contributed by atoms with Crippen molar-refractivity contribution in [3.8, 4) is 10.7 Å². The highest BCUT2D eigenvalue weighted by Gasteiger charge is 2.30. The SMILES string of the molecule is CC1c2[nH]c3ccccc3c2CCN1C(=O)CCc1nc(-c2cccs2)no1. The summed E-state index contributed by atoms with van der Waals surface area (Å²) in [6, 6.07) is 12.3. The zero-order valence-electron chi connectivity index (χ0n) is 15.5. The minimum absolute atomic E-state index is 0.0352. The van der Waals surface area contributed by atoms with Crippen LogP contribution in [0.25, 0.3) is 21.6 Å². The maximum atomic E-state index is 12.9. The van der Waals surface area contributed by atoms with E-state index in [4.69, 9.17) is 4.52 Å². The fraction of sp³-hybridized carbons (Fsp3) is 0.286. The first-order valence-electron chi connectivity index (χ1n) is 9.46. The van der Waals surface area contributed by atoms with Crippen LogP contribution in [0.2, 0.25) is 0 Å². The molecule has 4 heterocycles. The van der Waals surface area contributed by atoms with Crippen molar-refractivity contribution < 1.29 is 9.32 Å². The molecule has 1 aromatic carbocycles. The normalized spacial score (nSPS) is 16.5. The minimum Gasteiger partial charge on any atom is -0.356 e. The molecule has 28 heavy (non-hydrogen) atoms. The maximum absolute atomic E-state index is 12.9. The van der Waals surface area contributed by atoms with Gasteiger partial charge in [0.05, 0.1) is 10.9 Å². The number of rotatable bonds is 4. The molecule has 0 fully saturated rings. The number of benzene rings is 1. The molecule has 1 amide bonds. The van der Waals surface area contributed by atoms with Crippen molar-refractivity contribution >= 4 is 28.1 Å². The Morgan fingerprint density at radius 1 is 1.32 bits per heavy atom. The fourth-order valence-corrected chi connectivity index (χ4v) is 4.64. The van der Waals surface area contributed by atoms with Gasteiger partial charge in [-0.05, 0) is 36.4 Å². The molecule has 0 radical (unpaired) electrons. The van der Waals surface area contributed by atoms with Gasteiger partial charge in [0.15, 0.2) is 0 Å². The van der Waals surface area contributed by atoms with Crippen LogP contribution in [0.5, 0.6) is 0 Å². The van der Waals surface area contributed by atoms with Crippen LogP contribution in [-0.2, 0) is 17.6 Å². The van der Waals surface area contributed by atoms with Crippen LogP contribution >= 0.6 is 11.3 Å². The molecule has 1 unspecified atom stereocenters. The summed E-state index contributed by atoms with van der Waals surface area (Å²) >= 11 is 1.57. The van der Waals surface area contributed by atoms with E-state index >= 15 is 0 Å². The summed E-state index contributed by atoms with van der Waals surface area (Å²) in [7, 11) is 0. The van der Waals surface area contributed by atoms with Gasteiger partial charge >= 0.3 is 0 Å². The van der Waals surface area contributed by atoms with E-state index < -0.39 is 0 Å². The molecule has 0 bridgehead atoms. The van der Waals surface area contributed by atoms with E-state index in [9.17, 15) is 4.79 Å². The topological polar surface area (TPSA) is 75.0 Å². The van der Waals surface area contributed by atoms with Crippen molar-refractivity contribution in [1.82, 2.24) is 20.0 Å². The number of aryl methyl sites for hydroxylation is 1. The lowest BCUT2D eigenvalue weighted by Gasteiger charge is -2.33. The molecular weight excluding hydrogens is 372 g/mol. The summed E-state index contributed by atoms with van der Waals surface area (Å²) in [5.74, 6) is 1.21. The standard InChI is InChI=1S/C21H20N4O2S/c1-13-20-15(14-5-2-3-6-16(14)22-20)10-11-25(13)19(26)9-8-18-23-21(24-27-18)17-7-4-12-28-17/h2-7,12-13,22H,8-11H2,1H3. The summed E-state index contributed by atoms with van der Waals surface area (Å²) in [5, 5.41) is 7.26. The molecule has 1 aliphatic heterocycles. The van der Waals surface area contributed by atoms with Crippen molar-refractivity contribution in [2.45, 2.75) is 32.2 Å². The van der Waals surface area contributed by atoms with Gasteiger partial charge in [-0.2, -0.15) is 4.98 Å². The number of thiophene rings is 1. The summed E-state index contributed by atoms with van der Waals surface area (Å²) in [4.78, 5) is 23.7. The number of aromatic amines is 1. The number of fused-ring (bicyclic) bond motifs is 3. The van der Waals surface area contributed by atoms with Gasteiger partial charge in [-0.3, -0.25) is 4.79 Å². The van der Waals surface area contributed by atoms with E-state index in [0.717, 1.165) is 29.1 Å². The summed E-state index contributed by atoms with van der Waals surface area (Å²) < 4.78 is 5.32. The number of H-pyrrole nitrogens is 1. The Hall–Kier alpha value is -2.93. The van der Waals surface area contributed by atoms with Crippen LogP contribution in [0.15, 0.2) is 46.3 Å². The Bertz CT molecular complexity index is 1130. The third-order valence-electron chi connectivity index (χ3n) is 5.42. The van der Waals surface area contributed by atoms with Crippen LogP contribution in [-0.4, -0.2) is 32.5 Å². The molecule has 0 spiro atoms. The van der Waals surface area contributed by atoms with E-state index in [2.05, 4.69) is 40.2 Å². The molecule has 6 nitrogen and oxygen atoms in total. The Kier molecular flexibility index (Phi) is 4.24. The quantitative estimate of drug-likeness (QED) is 0.560. The molecule has 7 heteroatoms. The second-order valence-corrected chi connectivity index (χ2v) is 8.01. The summed E-state index contributed by atoms with van der Waals surface area (Å²) in [6.45, 7) is 2.83. The average Bonchev–Trinajstić information content (AvgIpc) is 3.45. The van der Waals surface area contributed by atoms with Crippen LogP contribution in [0, 0.1) is 0 Å². The molecule has 1 atom stereocenters. The maximum Gasteiger partial charge on any atom is 0.227 e. The molecule has 5 rings (SSSR count). The van der Waals surface area contributed by atoms with E-state index in [1.807, 2.05) is 28.5 Å². The monoisotopic (exact) mass is 392 g/mol. The molecule has 3 aromatic heterocycles. The van der Waals surface area contributed by atoms with Gasteiger partial charge in [-0.25, -0.2) is 0 Å². The third-order valence-corrected chi connectivity index (χ3v) is 6.28. The second kappa shape index (κ2) is 6.91. The fourth-order valence-electron chi connectivity index (χ4n) is 3.99. The largest absolute Gasteiger partial charge is 0.356 e. The highest BCUT2D eigenvalue weighted by atomic mass is 32.1. The number of para-hydroxylation sites is 1. The predicted octanol–water partition coefficient (Wildman–Crippen LogP) is 4.36. The number of nitrogens with one attached hydrogen (secondary N) is 1. The van der Waals surface area contributed by atoms with Crippen molar-refractivity contribution in [3.05, 3.63) is 58.9 Å². The molecule has 0 saturated carbocycles. The van der Waals surface area contributed by atoms with Crippen molar-refractivity contribution in [2.24, 2.45) is 0 Å². The Balaban J connectivity index is 1.28. The molecule has 0 saturated heterocycles. The van der Waals surface area contributed by atoms with E-state index in [1.54, 1.807) is 11.3 Å². The Morgan fingerprint density at radius 2 is 2.21 bits per heavy atom. The van der Waals surface area contributed by atoms with Gasteiger partial charge in [0.25, 0.3) is 0 Å². The van der Waals surface area contributed by atoms with Crippen LogP contribution in [0.4, 0.5) is 0 Å². The van der Waals surface area contributed by atoms with Crippen LogP contribution < -0.4 is 0 Å². The average molecular weight is 392 g/mol. The lowest BCUT2D eigenvalue weighted by molar-refractivity contribution is -0.133. The van der Waals surface area contributed by atoms with E-state index in [1.165, 1.54) is 10.9 Å². The lowest BCUT2D eigenvalue weighted by atomic mass is 9.98. The first-order valence-corrected chi connectivity index (χ1v) is 10.3. The van der Waals surface area contributed by atoms with Crippen molar-refractivity contribution in [1.29, 1.82) is 0 Å². The molecule has 1 N–H and O–H groups in total. The molecular formula is C21H20N4O2S. The second-order valence-electron chi connectivity index (χ2n) is 7.06. The molecule has 0 aliphatic carbocycles. The van der Waals surface area contributed by atoms with Gasteiger partial charge in [-0.15, -0.1) is 11.3 Å². The number of carbonyl (C=O) groups is 1. The summed E-state index contributed by atoms with van der Waals surface area (Å²) in [5.41, 5.74) is 3.63. The Labute approximate surface area is 166 Å². The highest BCUT2D eigenvalue weighted by molar-refractivity contribution is 7.13. The van der Waals surface area contributed by atoms with Crippen molar-refractivity contribution in [3.63, 3.8) is 0 Å². The zero-order valence-corrected chi connectivity index (χ0v) is 16.3. The number of aromatic nitrogens is 3. The molecule has 1 aliphatic rings. The van der Waals surface area contributed by atoms with Gasteiger partial charge in [0.1, 0.15) is 0 Å². The van der Waals surface area contributed by atoms with Gasteiger partial charge in [-0.1, -0.05) is 29.4 Å². The number of hydrogen-bond donors (Lipinski definition) is 1. The van der Waals surface area contributed by atoms with Crippen LogP contribution in [0.1, 0.15) is 36.5 Å². The smallest absolute Gasteiger partial charge is 0.227 e. The molecule has 4 aromatic rings. The predicted molar refractivity (Wildman–Crippen MR) is 108 cm³/mol. The van der Waals surface area contributed by atoms with E-state index in [0.29, 0.717) is 24.6 Å². The third kappa shape index (κ3) is 2.92. The van der Waals surface area contributed by atoms with E-state index in [-0.39, 0.29) is 11.9 Å². The van der Waals surface area contributed by atoms with Crippen LogP contribution in [0.3, 0.4) is 0 Å². The Morgan fingerprint density at radius 3 is 3.07 bits per heavy atom.